The summed E-state index contributed by atoms with van der Waals surface area (Å²) in [5, 5.41) is 8.30. The number of halogens is 1. The molecule has 28 heavy (non-hydrogen) atoms. The fourth-order valence-corrected chi connectivity index (χ4v) is 3.37. The number of nitrogens with zero attached hydrogens (tertiary/aromatic N) is 1. The first kappa shape index (κ1) is 19.9. The van der Waals surface area contributed by atoms with Gasteiger partial charge in [0, 0.05) is 21.7 Å². The van der Waals surface area contributed by atoms with Crippen LogP contribution in [0.1, 0.15) is 21.6 Å². The highest BCUT2D eigenvalue weighted by molar-refractivity contribution is 7.14. The van der Waals surface area contributed by atoms with Crippen molar-refractivity contribution in [2.24, 2.45) is 0 Å². The van der Waals surface area contributed by atoms with Crippen LogP contribution in [0.25, 0.3) is 0 Å². The lowest BCUT2D eigenvalue weighted by atomic mass is 10.2. The summed E-state index contributed by atoms with van der Waals surface area (Å²) in [6, 6.07) is 12.0. The molecule has 0 aliphatic heterocycles. The van der Waals surface area contributed by atoms with Gasteiger partial charge in [0.25, 0.3) is 5.91 Å². The zero-order chi connectivity index (χ0) is 20.1. The Morgan fingerprint density at radius 1 is 1.14 bits per heavy atom. The predicted octanol–water partition coefficient (Wildman–Crippen LogP) is 4.55. The predicted molar refractivity (Wildman–Crippen MR) is 112 cm³/mol. The average Bonchev–Trinajstić information content (AvgIpc) is 3.09. The maximum Gasteiger partial charge on any atom is 0.257 e. The molecule has 0 bridgehead atoms. The molecule has 0 atom stereocenters. The highest BCUT2D eigenvalue weighted by atomic mass is 35.5. The number of ether oxygens (including phenoxy) is 1. The zero-order valence-electron chi connectivity index (χ0n) is 15.3. The van der Waals surface area contributed by atoms with Gasteiger partial charge in [-0.05, 0) is 55.0 Å². The van der Waals surface area contributed by atoms with Crippen LogP contribution in [0, 0.1) is 6.92 Å². The monoisotopic (exact) mass is 415 g/mol. The molecule has 0 saturated carbocycles. The van der Waals surface area contributed by atoms with Crippen LogP contribution in [0.2, 0.25) is 5.02 Å². The van der Waals surface area contributed by atoms with E-state index >= 15 is 0 Å². The number of hydrogen-bond acceptors (Lipinski definition) is 5. The van der Waals surface area contributed by atoms with E-state index in [1.165, 1.54) is 11.3 Å². The van der Waals surface area contributed by atoms with Gasteiger partial charge in [0.2, 0.25) is 5.91 Å². The third-order valence-electron chi connectivity index (χ3n) is 3.90. The summed E-state index contributed by atoms with van der Waals surface area (Å²) < 4.78 is 5.21. The van der Waals surface area contributed by atoms with Crippen molar-refractivity contribution in [2.75, 3.05) is 17.7 Å². The summed E-state index contributed by atoms with van der Waals surface area (Å²) in [6.07, 6.45) is 0.110. The fourth-order valence-electron chi connectivity index (χ4n) is 2.54. The van der Waals surface area contributed by atoms with E-state index in [9.17, 15) is 9.59 Å². The Hall–Kier alpha value is -2.90. The van der Waals surface area contributed by atoms with Gasteiger partial charge in [-0.2, -0.15) is 0 Å². The molecule has 8 heteroatoms. The summed E-state index contributed by atoms with van der Waals surface area (Å²) in [5.41, 5.74) is 2.68. The lowest BCUT2D eigenvalue weighted by Crippen LogP contribution is -2.15. The van der Waals surface area contributed by atoms with Gasteiger partial charge in [0.05, 0.1) is 19.2 Å². The van der Waals surface area contributed by atoms with Gasteiger partial charge >= 0.3 is 0 Å². The van der Waals surface area contributed by atoms with E-state index in [-0.39, 0.29) is 18.2 Å². The molecule has 3 aromatic rings. The first-order valence-corrected chi connectivity index (χ1v) is 9.66. The largest absolute Gasteiger partial charge is 0.496 e. The number of anilines is 2. The molecule has 3 rings (SSSR count). The number of aromatic nitrogens is 1. The maximum absolute atomic E-state index is 12.3. The molecule has 2 aromatic carbocycles. The van der Waals surface area contributed by atoms with E-state index in [0.717, 1.165) is 11.3 Å². The molecule has 144 valence electrons. The van der Waals surface area contributed by atoms with Crippen LogP contribution in [-0.2, 0) is 11.2 Å². The lowest BCUT2D eigenvalue weighted by molar-refractivity contribution is -0.115. The molecule has 0 radical (unpaired) electrons. The second kappa shape index (κ2) is 8.86. The van der Waals surface area contributed by atoms with Crippen molar-refractivity contribution >= 4 is 45.6 Å². The number of hydrogen-bond donors (Lipinski definition) is 2. The SMILES string of the molecule is COc1ccc(NC(=O)Cc2csc(NC(=O)c3ccc(Cl)cc3)n2)cc1C. The second-order valence-corrected chi connectivity index (χ2v) is 7.31. The number of nitrogens with one attached hydrogen (secondary N) is 2. The molecule has 2 N–H and O–H groups in total. The molecule has 0 fully saturated rings. The van der Waals surface area contributed by atoms with E-state index in [0.29, 0.717) is 27.1 Å². The Bertz CT molecular complexity index is 1000. The van der Waals surface area contributed by atoms with E-state index < -0.39 is 0 Å². The van der Waals surface area contributed by atoms with E-state index in [1.807, 2.05) is 13.0 Å². The quantitative estimate of drug-likeness (QED) is 0.619. The number of rotatable bonds is 6. The molecule has 0 unspecified atom stereocenters. The molecule has 1 aromatic heterocycles. The van der Waals surface area contributed by atoms with E-state index in [4.69, 9.17) is 16.3 Å². The molecule has 6 nitrogen and oxygen atoms in total. The number of carbonyl (C=O) groups excluding carboxylic acids is 2. The van der Waals surface area contributed by atoms with E-state index in [2.05, 4.69) is 15.6 Å². The lowest BCUT2D eigenvalue weighted by Gasteiger charge is -2.08. The Kier molecular flexibility index (Phi) is 6.28. The molecule has 2 amide bonds. The van der Waals surface area contributed by atoms with Crippen LogP contribution in [0.15, 0.2) is 47.8 Å². The molecular formula is C20H18ClN3O3S. The number of amides is 2. The van der Waals surface area contributed by atoms with Crippen molar-refractivity contribution < 1.29 is 14.3 Å². The standard InChI is InChI=1S/C20H18ClN3O3S/c1-12-9-15(7-8-17(12)27-2)22-18(25)10-16-11-28-20(23-16)24-19(26)13-3-5-14(21)6-4-13/h3-9,11H,10H2,1-2H3,(H,22,25)(H,23,24,26). The van der Waals surface area contributed by atoms with Gasteiger partial charge < -0.3 is 10.1 Å². The minimum atomic E-state index is -0.282. The molecule has 1 heterocycles. The number of carbonyl (C=O) groups is 2. The highest BCUT2D eigenvalue weighted by Gasteiger charge is 2.12. The van der Waals surface area contributed by atoms with Crippen LogP contribution in [0.4, 0.5) is 10.8 Å². The van der Waals surface area contributed by atoms with Crippen molar-refractivity contribution in [2.45, 2.75) is 13.3 Å². The maximum atomic E-state index is 12.3. The third kappa shape index (κ3) is 5.09. The molecular weight excluding hydrogens is 398 g/mol. The van der Waals surface area contributed by atoms with Gasteiger partial charge in [-0.25, -0.2) is 4.98 Å². The zero-order valence-corrected chi connectivity index (χ0v) is 16.9. The third-order valence-corrected chi connectivity index (χ3v) is 4.96. The minimum Gasteiger partial charge on any atom is -0.496 e. The highest BCUT2D eigenvalue weighted by Crippen LogP contribution is 2.22. The summed E-state index contributed by atoms with van der Waals surface area (Å²) in [5.74, 6) is 0.291. The van der Waals surface area contributed by atoms with Crippen molar-refractivity contribution in [1.82, 2.24) is 4.98 Å². The Balaban J connectivity index is 1.58. The molecule has 0 saturated heterocycles. The number of aryl methyl sites for hydroxylation is 1. The van der Waals surface area contributed by atoms with E-state index in [1.54, 1.807) is 48.9 Å². The fraction of sp³-hybridized carbons (Fsp3) is 0.150. The smallest absolute Gasteiger partial charge is 0.257 e. The molecule has 0 spiro atoms. The summed E-state index contributed by atoms with van der Waals surface area (Å²) in [6.45, 7) is 1.91. The van der Waals surface area contributed by atoms with Gasteiger partial charge in [-0.3, -0.25) is 14.9 Å². The van der Waals surface area contributed by atoms with Crippen LogP contribution in [0.3, 0.4) is 0 Å². The van der Waals surface area contributed by atoms with Gasteiger partial charge in [-0.1, -0.05) is 11.6 Å². The number of methoxy groups -OCH3 is 1. The van der Waals surface area contributed by atoms with Crippen molar-refractivity contribution in [3.63, 3.8) is 0 Å². The van der Waals surface area contributed by atoms with Gasteiger partial charge in [0.1, 0.15) is 5.75 Å². The Morgan fingerprint density at radius 3 is 2.57 bits per heavy atom. The summed E-state index contributed by atoms with van der Waals surface area (Å²) in [7, 11) is 1.60. The molecule has 0 aliphatic carbocycles. The topological polar surface area (TPSA) is 80.3 Å². The Labute approximate surface area is 171 Å². The van der Waals surface area contributed by atoms with Crippen molar-refractivity contribution in [3.05, 3.63) is 69.7 Å². The summed E-state index contributed by atoms with van der Waals surface area (Å²) in [4.78, 5) is 28.8. The first-order valence-electron chi connectivity index (χ1n) is 8.40. The van der Waals surface area contributed by atoms with Crippen LogP contribution < -0.4 is 15.4 Å². The van der Waals surface area contributed by atoms with Crippen LogP contribution >= 0.6 is 22.9 Å². The van der Waals surface area contributed by atoms with Gasteiger partial charge in [-0.15, -0.1) is 11.3 Å². The Morgan fingerprint density at radius 2 is 1.89 bits per heavy atom. The average molecular weight is 416 g/mol. The van der Waals surface area contributed by atoms with Crippen LogP contribution in [0.5, 0.6) is 5.75 Å². The number of thiazole rings is 1. The first-order chi connectivity index (χ1) is 13.4. The van der Waals surface area contributed by atoms with Crippen LogP contribution in [-0.4, -0.2) is 23.9 Å². The normalized spacial score (nSPS) is 10.4. The van der Waals surface area contributed by atoms with Crippen molar-refractivity contribution in [3.8, 4) is 5.75 Å². The number of benzene rings is 2. The second-order valence-electron chi connectivity index (χ2n) is 6.01. The van der Waals surface area contributed by atoms with Gasteiger partial charge in [0.15, 0.2) is 5.13 Å². The van der Waals surface area contributed by atoms with Crippen molar-refractivity contribution in [1.29, 1.82) is 0 Å². The summed E-state index contributed by atoms with van der Waals surface area (Å²) >= 11 is 7.09. The minimum absolute atomic E-state index is 0.110. The molecule has 0 aliphatic rings.